The van der Waals surface area contributed by atoms with Gasteiger partial charge in [-0.2, -0.15) is 0 Å². The zero-order valence-corrected chi connectivity index (χ0v) is 16.9. The molecule has 2 aliphatic rings. The third-order valence-corrected chi connectivity index (χ3v) is 6.61. The maximum absolute atomic E-state index is 13.0. The van der Waals surface area contributed by atoms with E-state index >= 15 is 0 Å². The summed E-state index contributed by atoms with van der Waals surface area (Å²) in [5.74, 6) is 2.23. The van der Waals surface area contributed by atoms with Crippen molar-refractivity contribution in [3.05, 3.63) is 0 Å². The fourth-order valence-electron chi connectivity index (χ4n) is 4.98. The molecule has 0 aromatic rings. The number of hydrogen-bond acceptors (Lipinski definition) is 3. The van der Waals surface area contributed by atoms with Crippen LogP contribution in [-0.2, 0) is 9.59 Å². The molecule has 0 aromatic heterocycles. The second-order valence-electron chi connectivity index (χ2n) is 8.95. The summed E-state index contributed by atoms with van der Waals surface area (Å²) in [5.41, 5.74) is 5.49. The van der Waals surface area contributed by atoms with Crippen LogP contribution in [0.5, 0.6) is 0 Å². The maximum atomic E-state index is 13.0. The molecule has 0 aliphatic heterocycles. The van der Waals surface area contributed by atoms with Crippen LogP contribution < -0.4 is 16.4 Å². The van der Waals surface area contributed by atoms with Crippen LogP contribution in [0.15, 0.2) is 0 Å². The van der Waals surface area contributed by atoms with Crippen LogP contribution in [0.4, 0.5) is 0 Å². The largest absolute Gasteiger partial charge is 0.354 e. The summed E-state index contributed by atoms with van der Waals surface area (Å²) in [7, 11) is 0. The molecule has 0 radical (unpaired) electrons. The van der Waals surface area contributed by atoms with Gasteiger partial charge in [0.1, 0.15) is 0 Å². The van der Waals surface area contributed by atoms with Crippen molar-refractivity contribution in [1.82, 2.24) is 10.6 Å². The molecule has 5 nitrogen and oxygen atoms in total. The minimum atomic E-state index is -0.124. The Morgan fingerprint density at radius 2 is 1.77 bits per heavy atom. The Labute approximate surface area is 159 Å². The number of carbonyl (C=O) groups is 2. The summed E-state index contributed by atoms with van der Waals surface area (Å²) in [5, 5.41) is 6.25. The summed E-state index contributed by atoms with van der Waals surface area (Å²) >= 11 is 0. The second-order valence-corrected chi connectivity index (χ2v) is 8.95. The first-order valence-corrected chi connectivity index (χ1v) is 10.7. The van der Waals surface area contributed by atoms with Gasteiger partial charge in [-0.25, -0.2) is 0 Å². The molecule has 2 amide bonds. The normalized spacial score (nSPS) is 28.6. The molecule has 2 fully saturated rings. The molecule has 4 atom stereocenters. The van der Waals surface area contributed by atoms with Gasteiger partial charge < -0.3 is 16.4 Å². The van der Waals surface area contributed by atoms with Crippen molar-refractivity contribution < 1.29 is 9.59 Å². The molecule has 5 heteroatoms. The van der Waals surface area contributed by atoms with Gasteiger partial charge in [0.05, 0.1) is 6.54 Å². The zero-order chi connectivity index (χ0) is 19.1. The lowest BCUT2D eigenvalue weighted by Crippen LogP contribution is -2.51. The number of nitrogens with one attached hydrogen (secondary N) is 2. The Bertz CT molecular complexity index is 460. The van der Waals surface area contributed by atoms with Crippen LogP contribution in [0.2, 0.25) is 0 Å². The number of amides is 2. The highest BCUT2D eigenvalue weighted by Gasteiger charge is 2.36. The van der Waals surface area contributed by atoms with Gasteiger partial charge in [0.15, 0.2) is 0 Å². The summed E-state index contributed by atoms with van der Waals surface area (Å²) in [6, 6.07) is 0.00816. The van der Waals surface area contributed by atoms with E-state index in [1.165, 1.54) is 25.7 Å². The monoisotopic (exact) mass is 365 g/mol. The lowest BCUT2D eigenvalue weighted by atomic mass is 9.69. The predicted molar refractivity (Wildman–Crippen MR) is 105 cm³/mol. The summed E-state index contributed by atoms with van der Waals surface area (Å²) in [6.07, 6.45) is 9.30. The van der Waals surface area contributed by atoms with Gasteiger partial charge in [-0.05, 0) is 49.4 Å². The Kier molecular flexibility index (Phi) is 8.39. The van der Waals surface area contributed by atoms with E-state index in [4.69, 9.17) is 5.73 Å². The molecule has 2 rings (SSSR count). The topological polar surface area (TPSA) is 84.2 Å². The number of nitrogens with two attached hydrogens (primary N) is 1. The minimum Gasteiger partial charge on any atom is -0.354 e. The minimum absolute atomic E-state index is 0.00668. The third kappa shape index (κ3) is 5.97. The number of rotatable bonds is 7. The van der Waals surface area contributed by atoms with Gasteiger partial charge in [0.25, 0.3) is 0 Å². The molecule has 0 saturated heterocycles. The molecule has 2 aliphatic carbocycles. The van der Waals surface area contributed by atoms with Gasteiger partial charge in [0, 0.05) is 18.5 Å². The van der Waals surface area contributed by atoms with Crippen LogP contribution in [0.1, 0.15) is 72.1 Å². The first-order valence-electron chi connectivity index (χ1n) is 10.7. The maximum Gasteiger partial charge on any atom is 0.234 e. The molecule has 4 N–H and O–H groups in total. The van der Waals surface area contributed by atoms with E-state index in [-0.39, 0.29) is 30.3 Å². The molecule has 1 unspecified atom stereocenters. The molecular weight excluding hydrogens is 326 g/mol. The van der Waals surface area contributed by atoms with Crippen LogP contribution in [0, 0.1) is 29.6 Å². The second kappa shape index (κ2) is 10.3. The highest BCUT2D eigenvalue weighted by atomic mass is 16.2. The fourth-order valence-corrected chi connectivity index (χ4v) is 4.98. The van der Waals surface area contributed by atoms with Crippen LogP contribution in [0.25, 0.3) is 0 Å². The molecule has 0 aromatic carbocycles. The van der Waals surface area contributed by atoms with Crippen LogP contribution in [0.3, 0.4) is 0 Å². The third-order valence-electron chi connectivity index (χ3n) is 6.61. The summed E-state index contributed by atoms with van der Waals surface area (Å²) in [6.45, 7) is 7.25. The Hall–Kier alpha value is -1.10. The standard InChI is InChI=1S/C21H39N3O2/c1-14(2)17-10-9-15(3)11-18(17)21(26)23-13-19(24-20(25)12-22)16-7-5-4-6-8-16/h14-19H,4-13,22H2,1-3H3,(H,23,26)(H,24,25)/t15-,17+,18-,19?/m1/s1. The van der Waals surface area contributed by atoms with Crippen LogP contribution >= 0.6 is 0 Å². The molecular formula is C21H39N3O2. The molecule has 2 saturated carbocycles. The van der Waals surface area contributed by atoms with Crippen molar-refractivity contribution in [3.63, 3.8) is 0 Å². The first kappa shape index (κ1) is 21.2. The van der Waals surface area contributed by atoms with E-state index in [2.05, 4.69) is 31.4 Å². The average molecular weight is 366 g/mol. The van der Waals surface area contributed by atoms with Crippen molar-refractivity contribution in [2.75, 3.05) is 13.1 Å². The molecule has 0 heterocycles. The van der Waals surface area contributed by atoms with Gasteiger partial charge >= 0.3 is 0 Å². The quantitative estimate of drug-likeness (QED) is 0.648. The summed E-state index contributed by atoms with van der Waals surface area (Å²) in [4.78, 5) is 24.8. The Morgan fingerprint density at radius 3 is 2.38 bits per heavy atom. The molecule has 150 valence electrons. The Morgan fingerprint density at radius 1 is 1.08 bits per heavy atom. The highest BCUT2D eigenvalue weighted by molar-refractivity contribution is 5.80. The van der Waals surface area contributed by atoms with E-state index in [0.717, 1.165) is 25.7 Å². The van der Waals surface area contributed by atoms with E-state index in [1.54, 1.807) is 0 Å². The van der Waals surface area contributed by atoms with Gasteiger partial charge in [-0.15, -0.1) is 0 Å². The van der Waals surface area contributed by atoms with Crippen molar-refractivity contribution in [1.29, 1.82) is 0 Å². The van der Waals surface area contributed by atoms with Crippen molar-refractivity contribution in [3.8, 4) is 0 Å². The smallest absolute Gasteiger partial charge is 0.234 e. The van der Waals surface area contributed by atoms with Crippen molar-refractivity contribution >= 4 is 11.8 Å². The molecule has 0 spiro atoms. The number of hydrogen-bond donors (Lipinski definition) is 3. The highest BCUT2D eigenvalue weighted by Crippen LogP contribution is 2.38. The lowest BCUT2D eigenvalue weighted by Gasteiger charge is -2.37. The Balaban J connectivity index is 1.96. The SMILES string of the molecule is CC(C)[C@@H]1CC[C@@H](C)C[C@H]1C(=O)NCC(NC(=O)CN)C1CCCCC1. The zero-order valence-electron chi connectivity index (χ0n) is 16.9. The molecule has 0 bridgehead atoms. The van der Waals surface area contributed by atoms with Gasteiger partial charge in [-0.3, -0.25) is 9.59 Å². The van der Waals surface area contributed by atoms with Crippen LogP contribution in [-0.4, -0.2) is 30.9 Å². The number of carbonyl (C=O) groups excluding carboxylic acids is 2. The lowest BCUT2D eigenvalue weighted by molar-refractivity contribution is -0.130. The fraction of sp³-hybridized carbons (Fsp3) is 0.905. The van der Waals surface area contributed by atoms with E-state index in [0.29, 0.717) is 30.2 Å². The van der Waals surface area contributed by atoms with E-state index < -0.39 is 0 Å². The average Bonchev–Trinajstić information content (AvgIpc) is 2.64. The van der Waals surface area contributed by atoms with E-state index in [9.17, 15) is 9.59 Å². The summed E-state index contributed by atoms with van der Waals surface area (Å²) < 4.78 is 0. The van der Waals surface area contributed by atoms with Gasteiger partial charge in [0.2, 0.25) is 11.8 Å². The first-order chi connectivity index (χ1) is 12.4. The molecule has 26 heavy (non-hydrogen) atoms. The van der Waals surface area contributed by atoms with Gasteiger partial charge in [-0.1, -0.05) is 46.5 Å². The van der Waals surface area contributed by atoms with Crippen molar-refractivity contribution in [2.45, 2.75) is 78.2 Å². The van der Waals surface area contributed by atoms with E-state index in [1.807, 2.05) is 0 Å². The van der Waals surface area contributed by atoms with Crippen molar-refractivity contribution in [2.24, 2.45) is 35.3 Å². The predicted octanol–water partition coefficient (Wildman–Crippen LogP) is 2.83.